The molecular weight excluding hydrogens is 348 g/mol. The topological polar surface area (TPSA) is 71.4 Å². The van der Waals surface area contributed by atoms with Crippen LogP contribution >= 0.6 is 11.6 Å². The number of carboxylic acid groups (broad SMARTS) is 1. The van der Waals surface area contributed by atoms with Gasteiger partial charge in [-0.05, 0) is 41.7 Å². The number of hydrogen-bond acceptors (Lipinski definition) is 3. The summed E-state index contributed by atoms with van der Waals surface area (Å²) in [5, 5.41) is 9.32. The quantitative estimate of drug-likeness (QED) is 0.776. The van der Waals surface area contributed by atoms with Crippen molar-refractivity contribution in [3.8, 4) is 0 Å². The fourth-order valence-electron chi connectivity index (χ4n) is 2.40. The molecule has 0 saturated carbocycles. The Morgan fingerprint density at radius 2 is 1.46 bits per heavy atom. The number of aryl methyl sites for hydroxylation is 1. The van der Waals surface area contributed by atoms with Gasteiger partial charge in [0.05, 0.1) is 17.9 Å². The zero-order valence-corrected chi connectivity index (χ0v) is 14.7. The first-order valence-electron chi connectivity index (χ1n) is 7.58. The molecule has 0 radical (unpaired) electrons. The first-order chi connectivity index (χ1) is 11.3. The van der Waals surface area contributed by atoms with Crippen LogP contribution in [-0.2, 0) is 33.2 Å². The molecular formula is C18H19ClO4S. The summed E-state index contributed by atoms with van der Waals surface area (Å²) in [6.07, 6.45) is 1.18. The van der Waals surface area contributed by atoms with E-state index in [-0.39, 0.29) is 17.9 Å². The van der Waals surface area contributed by atoms with E-state index in [0.717, 1.165) is 16.7 Å². The van der Waals surface area contributed by atoms with Crippen LogP contribution in [0.5, 0.6) is 0 Å². The third kappa shape index (κ3) is 6.34. The van der Waals surface area contributed by atoms with E-state index in [4.69, 9.17) is 16.7 Å². The number of benzene rings is 2. The standard InChI is InChI=1S/C18H19ClO4S/c19-17-9-7-16(8-10-17)13-24(22,23)11-1-2-14-3-5-15(6-4-14)12-18(20)21/h3-10H,1-2,11-13H2,(H,20,21). The van der Waals surface area contributed by atoms with Gasteiger partial charge in [-0.15, -0.1) is 0 Å². The van der Waals surface area contributed by atoms with Crippen molar-refractivity contribution >= 4 is 27.4 Å². The Kier molecular flexibility index (Phi) is 6.40. The monoisotopic (exact) mass is 366 g/mol. The molecule has 2 aromatic carbocycles. The number of rotatable bonds is 8. The number of carbonyl (C=O) groups is 1. The molecule has 0 aliphatic rings. The Morgan fingerprint density at radius 1 is 0.917 bits per heavy atom. The molecule has 0 bridgehead atoms. The van der Waals surface area contributed by atoms with Gasteiger partial charge in [0, 0.05) is 5.02 Å². The summed E-state index contributed by atoms with van der Waals surface area (Å²) in [6, 6.07) is 14.1. The fraction of sp³-hybridized carbons (Fsp3) is 0.278. The minimum atomic E-state index is -3.16. The third-order valence-corrected chi connectivity index (χ3v) is 5.53. The van der Waals surface area contributed by atoms with Crippen molar-refractivity contribution in [1.29, 1.82) is 0 Å². The van der Waals surface area contributed by atoms with Gasteiger partial charge in [-0.1, -0.05) is 48.0 Å². The van der Waals surface area contributed by atoms with Gasteiger partial charge in [0.1, 0.15) is 0 Å². The van der Waals surface area contributed by atoms with Gasteiger partial charge in [-0.3, -0.25) is 4.79 Å². The first kappa shape index (κ1) is 18.5. The summed E-state index contributed by atoms with van der Waals surface area (Å²) in [4.78, 5) is 10.6. The summed E-state index contributed by atoms with van der Waals surface area (Å²) < 4.78 is 24.3. The van der Waals surface area contributed by atoms with Gasteiger partial charge < -0.3 is 5.11 Å². The van der Waals surface area contributed by atoms with E-state index in [9.17, 15) is 13.2 Å². The second-order valence-corrected chi connectivity index (χ2v) is 8.33. The predicted octanol–water partition coefficient (Wildman–Crippen LogP) is 3.51. The molecule has 0 fully saturated rings. The molecule has 6 heteroatoms. The second-order valence-electron chi connectivity index (χ2n) is 5.71. The summed E-state index contributed by atoms with van der Waals surface area (Å²) in [6.45, 7) is 0. The maximum absolute atomic E-state index is 12.2. The molecule has 4 nitrogen and oxygen atoms in total. The van der Waals surface area contributed by atoms with Crippen LogP contribution in [0.15, 0.2) is 48.5 Å². The van der Waals surface area contributed by atoms with Crippen LogP contribution < -0.4 is 0 Å². The average Bonchev–Trinajstić information content (AvgIpc) is 2.50. The molecule has 0 atom stereocenters. The van der Waals surface area contributed by atoms with Gasteiger partial charge in [0.25, 0.3) is 0 Å². The Labute approximate surface area is 147 Å². The average molecular weight is 367 g/mol. The Hall–Kier alpha value is -1.85. The zero-order valence-electron chi connectivity index (χ0n) is 13.1. The highest BCUT2D eigenvalue weighted by Crippen LogP contribution is 2.14. The van der Waals surface area contributed by atoms with Crippen molar-refractivity contribution in [3.05, 3.63) is 70.2 Å². The number of halogens is 1. The van der Waals surface area contributed by atoms with Gasteiger partial charge in [0.15, 0.2) is 9.84 Å². The Morgan fingerprint density at radius 3 is 2.04 bits per heavy atom. The molecule has 0 spiro atoms. The molecule has 128 valence electrons. The highest BCUT2D eigenvalue weighted by molar-refractivity contribution is 7.90. The fourth-order valence-corrected chi connectivity index (χ4v) is 3.96. The number of aliphatic carboxylic acids is 1. The maximum atomic E-state index is 12.2. The van der Waals surface area contributed by atoms with Crippen LogP contribution in [0.25, 0.3) is 0 Å². The van der Waals surface area contributed by atoms with Crippen LogP contribution in [0, 0.1) is 0 Å². The van der Waals surface area contributed by atoms with E-state index >= 15 is 0 Å². The zero-order chi connectivity index (χ0) is 17.6. The summed E-state index contributed by atoms with van der Waals surface area (Å²) in [5.41, 5.74) is 2.48. The SMILES string of the molecule is O=C(O)Cc1ccc(CCCS(=O)(=O)Cc2ccc(Cl)cc2)cc1. The van der Waals surface area contributed by atoms with Crippen molar-refractivity contribution < 1.29 is 18.3 Å². The summed E-state index contributed by atoms with van der Waals surface area (Å²) >= 11 is 5.79. The molecule has 1 N–H and O–H groups in total. The van der Waals surface area contributed by atoms with Gasteiger partial charge in [-0.25, -0.2) is 8.42 Å². The van der Waals surface area contributed by atoms with E-state index in [2.05, 4.69) is 0 Å². The van der Waals surface area contributed by atoms with Gasteiger partial charge >= 0.3 is 5.97 Å². The number of carboxylic acids is 1. The number of sulfone groups is 1. The van der Waals surface area contributed by atoms with Crippen LogP contribution in [0.3, 0.4) is 0 Å². The van der Waals surface area contributed by atoms with Crippen molar-refractivity contribution in [2.45, 2.75) is 25.0 Å². The molecule has 24 heavy (non-hydrogen) atoms. The molecule has 0 saturated heterocycles. The highest BCUT2D eigenvalue weighted by Gasteiger charge is 2.12. The molecule has 0 aromatic heterocycles. The van der Waals surface area contributed by atoms with Crippen LogP contribution in [0.4, 0.5) is 0 Å². The lowest BCUT2D eigenvalue weighted by atomic mass is 10.1. The molecule has 0 aliphatic carbocycles. The Bertz CT molecular complexity index is 781. The van der Waals surface area contributed by atoms with E-state index in [1.54, 1.807) is 36.4 Å². The third-order valence-electron chi connectivity index (χ3n) is 3.60. The van der Waals surface area contributed by atoms with Crippen molar-refractivity contribution in [2.24, 2.45) is 0 Å². The number of hydrogen-bond donors (Lipinski definition) is 1. The van der Waals surface area contributed by atoms with Crippen molar-refractivity contribution in [3.63, 3.8) is 0 Å². The smallest absolute Gasteiger partial charge is 0.307 e. The predicted molar refractivity (Wildman–Crippen MR) is 95.0 cm³/mol. The van der Waals surface area contributed by atoms with E-state index in [0.29, 0.717) is 17.9 Å². The van der Waals surface area contributed by atoms with Crippen LogP contribution in [0.1, 0.15) is 23.1 Å². The molecule has 0 amide bonds. The molecule has 0 unspecified atom stereocenters. The van der Waals surface area contributed by atoms with Crippen LogP contribution in [-0.4, -0.2) is 25.2 Å². The van der Waals surface area contributed by atoms with E-state index in [1.807, 2.05) is 12.1 Å². The van der Waals surface area contributed by atoms with Crippen molar-refractivity contribution in [2.75, 3.05) is 5.75 Å². The summed E-state index contributed by atoms with van der Waals surface area (Å²) in [5.74, 6) is -0.732. The minimum Gasteiger partial charge on any atom is -0.481 e. The van der Waals surface area contributed by atoms with Gasteiger partial charge in [0.2, 0.25) is 0 Å². The lowest BCUT2D eigenvalue weighted by molar-refractivity contribution is -0.136. The molecule has 0 aliphatic heterocycles. The highest BCUT2D eigenvalue weighted by atomic mass is 35.5. The molecule has 0 heterocycles. The van der Waals surface area contributed by atoms with Gasteiger partial charge in [-0.2, -0.15) is 0 Å². The normalized spacial score (nSPS) is 11.4. The first-order valence-corrected chi connectivity index (χ1v) is 9.78. The summed E-state index contributed by atoms with van der Waals surface area (Å²) in [7, 11) is -3.16. The van der Waals surface area contributed by atoms with Crippen LogP contribution in [0.2, 0.25) is 5.02 Å². The lowest BCUT2D eigenvalue weighted by Gasteiger charge is -2.06. The van der Waals surface area contributed by atoms with E-state index < -0.39 is 15.8 Å². The molecule has 2 rings (SSSR count). The second kappa shape index (κ2) is 8.31. The Balaban J connectivity index is 1.84. The maximum Gasteiger partial charge on any atom is 0.307 e. The van der Waals surface area contributed by atoms with E-state index in [1.165, 1.54) is 0 Å². The lowest BCUT2D eigenvalue weighted by Crippen LogP contribution is -2.10. The van der Waals surface area contributed by atoms with Crippen molar-refractivity contribution in [1.82, 2.24) is 0 Å². The minimum absolute atomic E-state index is 0.00421. The molecule has 2 aromatic rings. The largest absolute Gasteiger partial charge is 0.481 e.